The van der Waals surface area contributed by atoms with E-state index in [1.807, 2.05) is 30.3 Å². The van der Waals surface area contributed by atoms with Crippen LogP contribution in [0.25, 0.3) is 0 Å². The largest absolute Gasteiger partial charge is 0.493 e. The molecule has 1 atom stereocenters. The highest BCUT2D eigenvalue weighted by Gasteiger charge is 2.12. The van der Waals surface area contributed by atoms with E-state index in [2.05, 4.69) is 10.6 Å². The van der Waals surface area contributed by atoms with Gasteiger partial charge in [0.1, 0.15) is 0 Å². The van der Waals surface area contributed by atoms with Crippen LogP contribution in [0, 0.1) is 0 Å². The van der Waals surface area contributed by atoms with Crippen molar-refractivity contribution in [2.75, 3.05) is 20.8 Å². The van der Waals surface area contributed by atoms with E-state index in [1.54, 1.807) is 32.4 Å². The number of hydrogen-bond acceptors (Lipinski definition) is 4. The van der Waals surface area contributed by atoms with Crippen molar-refractivity contribution in [2.45, 2.75) is 12.6 Å². The highest BCUT2D eigenvalue weighted by atomic mass is 32.1. The van der Waals surface area contributed by atoms with Gasteiger partial charge in [0.05, 0.1) is 20.3 Å². The molecule has 0 spiro atoms. The summed E-state index contributed by atoms with van der Waals surface area (Å²) < 4.78 is 10.4. The van der Waals surface area contributed by atoms with Gasteiger partial charge >= 0.3 is 0 Å². The lowest BCUT2D eigenvalue weighted by molar-refractivity contribution is 0.180. The molecule has 0 saturated carbocycles. The Labute approximate surface area is 147 Å². The molecule has 5 nitrogen and oxygen atoms in total. The predicted molar refractivity (Wildman–Crippen MR) is 98.4 cm³/mol. The first kappa shape index (κ1) is 18.0. The summed E-state index contributed by atoms with van der Waals surface area (Å²) >= 11 is 5.23. The highest BCUT2D eigenvalue weighted by molar-refractivity contribution is 7.80. The summed E-state index contributed by atoms with van der Waals surface area (Å²) in [5, 5.41) is 16.9. The average molecular weight is 346 g/mol. The molecular formula is C18H22N2O3S. The summed E-state index contributed by atoms with van der Waals surface area (Å²) in [6.45, 7) is 0.940. The molecule has 0 aliphatic rings. The number of thiocarbonyl (C=S) groups is 1. The minimum absolute atomic E-state index is 0.302. The number of methoxy groups -OCH3 is 2. The molecule has 2 aromatic rings. The molecule has 0 bridgehead atoms. The SMILES string of the molecule is COc1ccc(C(O)CNC(=S)NCc2ccccc2)cc1OC. The van der Waals surface area contributed by atoms with Gasteiger partial charge in [-0.1, -0.05) is 36.4 Å². The smallest absolute Gasteiger partial charge is 0.166 e. The van der Waals surface area contributed by atoms with E-state index >= 15 is 0 Å². The van der Waals surface area contributed by atoms with E-state index in [0.717, 1.165) is 11.1 Å². The van der Waals surface area contributed by atoms with Gasteiger partial charge in [-0.05, 0) is 35.5 Å². The zero-order valence-corrected chi connectivity index (χ0v) is 14.6. The van der Waals surface area contributed by atoms with Gasteiger partial charge in [-0.25, -0.2) is 0 Å². The fourth-order valence-corrected chi connectivity index (χ4v) is 2.36. The minimum Gasteiger partial charge on any atom is -0.493 e. The van der Waals surface area contributed by atoms with Crippen molar-refractivity contribution in [3.8, 4) is 11.5 Å². The summed E-state index contributed by atoms with van der Waals surface area (Å²) in [4.78, 5) is 0. The van der Waals surface area contributed by atoms with Gasteiger partial charge in [-0.3, -0.25) is 0 Å². The zero-order valence-electron chi connectivity index (χ0n) is 13.8. The molecule has 2 aromatic carbocycles. The molecule has 0 amide bonds. The highest BCUT2D eigenvalue weighted by Crippen LogP contribution is 2.29. The number of rotatable bonds is 7. The molecule has 128 valence electrons. The van der Waals surface area contributed by atoms with Gasteiger partial charge in [0.2, 0.25) is 0 Å². The summed E-state index contributed by atoms with van der Waals surface area (Å²) in [6.07, 6.45) is -0.707. The Morgan fingerprint density at radius 2 is 1.75 bits per heavy atom. The second kappa shape index (κ2) is 9.10. The molecular weight excluding hydrogens is 324 g/mol. The summed E-state index contributed by atoms with van der Waals surface area (Å²) in [6, 6.07) is 15.3. The first-order valence-corrected chi connectivity index (χ1v) is 8.00. The average Bonchev–Trinajstić information content (AvgIpc) is 2.64. The lowest BCUT2D eigenvalue weighted by atomic mass is 10.1. The van der Waals surface area contributed by atoms with Crippen molar-refractivity contribution in [3.05, 3.63) is 59.7 Å². The van der Waals surface area contributed by atoms with Crippen LogP contribution in [-0.2, 0) is 6.54 Å². The van der Waals surface area contributed by atoms with Crippen LogP contribution in [0.1, 0.15) is 17.2 Å². The van der Waals surface area contributed by atoms with E-state index < -0.39 is 6.10 Å². The molecule has 2 rings (SSSR count). The number of nitrogens with one attached hydrogen (secondary N) is 2. The van der Waals surface area contributed by atoms with Gasteiger partial charge in [-0.15, -0.1) is 0 Å². The van der Waals surface area contributed by atoms with Crippen LogP contribution < -0.4 is 20.1 Å². The van der Waals surface area contributed by atoms with Crippen LogP contribution in [0.15, 0.2) is 48.5 Å². The quantitative estimate of drug-likeness (QED) is 0.669. The third kappa shape index (κ3) is 5.11. The molecule has 0 aliphatic heterocycles. The summed E-state index contributed by atoms with van der Waals surface area (Å²) in [5.74, 6) is 1.21. The first-order chi connectivity index (χ1) is 11.6. The molecule has 0 saturated heterocycles. The third-order valence-electron chi connectivity index (χ3n) is 3.54. The van der Waals surface area contributed by atoms with Crippen LogP contribution in [-0.4, -0.2) is 31.0 Å². The summed E-state index contributed by atoms with van der Waals surface area (Å²) in [5.41, 5.74) is 1.87. The molecule has 1 unspecified atom stereocenters. The molecule has 0 aliphatic carbocycles. The normalized spacial score (nSPS) is 11.5. The van der Waals surface area contributed by atoms with Gasteiger partial charge in [-0.2, -0.15) is 0 Å². The Hall–Kier alpha value is -2.31. The Morgan fingerprint density at radius 1 is 1.04 bits per heavy atom. The molecule has 0 fully saturated rings. The number of benzene rings is 2. The number of ether oxygens (including phenoxy) is 2. The molecule has 3 N–H and O–H groups in total. The third-order valence-corrected chi connectivity index (χ3v) is 3.83. The van der Waals surface area contributed by atoms with Crippen molar-refractivity contribution < 1.29 is 14.6 Å². The lowest BCUT2D eigenvalue weighted by Crippen LogP contribution is -2.37. The Morgan fingerprint density at radius 3 is 2.42 bits per heavy atom. The van der Waals surface area contributed by atoms with E-state index in [0.29, 0.717) is 29.7 Å². The summed E-state index contributed by atoms with van der Waals surface area (Å²) in [7, 11) is 3.14. The number of aliphatic hydroxyl groups is 1. The maximum atomic E-state index is 10.3. The molecule has 0 radical (unpaired) electrons. The van der Waals surface area contributed by atoms with Gasteiger partial charge in [0.15, 0.2) is 16.6 Å². The second-order valence-electron chi connectivity index (χ2n) is 5.18. The molecule has 24 heavy (non-hydrogen) atoms. The van der Waals surface area contributed by atoms with Crippen LogP contribution in [0.5, 0.6) is 11.5 Å². The van der Waals surface area contributed by atoms with Crippen LogP contribution in [0.4, 0.5) is 0 Å². The monoisotopic (exact) mass is 346 g/mol. The number of hydrogen-bond donors (Lipinski definition) is 3. The molecule has 6 heteroatoms. The zero-order chi connectivity index (χ0) is 17.4. The van der Waals surface area contributed by atoms with Gasteiger partial charge in [0.25, 0.3) is 0 Å². The second-order valence-corrected chi connectivity index (χ2v) is 5.59. The standard InChI is InChI=1S/C18H22N2O3S/c1-22-16-9-8-14(10-17(16)23-2)15(21)12-20-18(24)19-11-13-6-4-3-5-7-13/h3-10,15,21H,11-12H2,1-2H3,(H2,19,20,24). The van der Waals surface area contributed by atoms with E-state index in [-0.39, 0.29) is 0 Å². The predicted octanol–water partition coefficient (Wildman–Crippen LogP) is 2.40. The van der Waals surface area contributed by atoms with Crippen molar-refractivity contribution in [2.24, 2.45) is 0 Å². The van der Waals surface area contributed by atoms with Crippen LogP contribution >= 0.6 is 12.2 Å². The van der Waals surface area contributed by atoms with Gasteiger partial charge < -0.3 is 25.2 Å². The maximum Gasteiger partial charge on any atom is 0.166 e. The van der Waals surface area contributed by atoms with E-state index in [4.69, 9.17) is 21.7 Å². The van der Waals surface area contributed by atoms with Crippen molar-refractivity contribution in [1.82, 2.24) is 10.6 Å². The van der Waals surface area contributed by atoms with E-state index in [1.165, 1.54) is 0 Å². The Balaban J connectivity index is 1.84. The van der Waals surface area contributed by atoms with E-state index in [9.17, 15) is 5.11 Å². The van der Waals surface area contributed by atoms with Crippen molar-refractivity contribution in [1.29, 1.82) is 0 Å². The lowest BCUT2D eigenvalue weighted by Gasteiger charge is -2.16. The Bertz CT molecular complexity index is 665. The molecule has 0 aromatic heterocycles. The topological polar surface area (TPSA) is 62.8 Å². The first-order valence-electron chi connectivity index (χ1n) is 7.59. The van der Waals surface area contributed by atoms with Crippen LogP contribution in [0.3, 0.4) is 0 Å². The molecule has 0 heterocycles. The van der Waals surface area contributed by atoms with Crippen molar-refractivity contribution in [3.63, 3.8) is 0 Å². The van der Waals surface area contributed by atoms with Crippen molar-refractivity contribution >= 4 is 17.3 Å². The van der Waals surface area contributed by atoms with Crippen LogP contribution in [0.2, 0.25) is 0 Å². The number of aliphatic hydroxyl groups excluding tert-OH is 1. The minimum atomic E-state index is -0.707. The maximum absolute atomic E-state index is 10.3. The fourth-order valence-electron chi connectivity index (χ4n) is 2.21. The Kier molecular flexibility index (Phi) is 6.84. The fraction of sp³-hybridized carbons (Fsp3) is 0.278. The van der Waals surface area contributed by atoms with Gasteiger partial charge in [0, 0.05) is 13.1 Å².